The van der Waals surface area contributed by atoms with Gasteiger partial charge in [-0.05, 0) is 49.4 Å². The summed E-state index contributed by atoms with van der Waals surface area (Å²) in [6.07, 6.45) is 3.03. The Morgan fingerprint density at radius 2 is 2.00 bits per heavy atom. The number of fused-ring (bicyclic) bond motifs is 1. The predicted octanol–water partition coefficient (Wildman–Crippen LogP) is 4.00. The van der Waals surface area contributed by atoms with E-state index in [2.05, 4.69) is 15.1 Å². The molecule has 142 valence electrons. The molecule has 0 saturated heterocycles. The molecule has 4 aromatic rings. The van der Waals surface area contributed by atoms with E-state index in [1.54, 1.807) is 48.3 Å². The molecule has 1 atom stereocenters. The Bertz CT molecular complexity index is 1170. The van der Waals surface area contributed by atoms with E-state index in [-0.39, 0.29) is 17.9 Å². The maximum absolute atomic E-state index is 14.2. The first-order chi connectivity index (χ1) is 13.3. The van der Waals surface area contributed by atoms with Gasteiger partial charge in [-0.15, -0.1) is 0 Å². The highest BCUT2D eigenvalue weighted by Gasteiger charge is 2.32. The minimum Gasteiger partial charge on any atom is -0.307 e. The van der Waals surface area contributed by atoms with Crippen molar-refractivity contribution in [1.29, 1.82) is 0 Å². The summed E-state index contributed by atoms with van der Waals surface area (Å²) in [4.78, 5) is 7.01. The van der Waals surface area contributed by atoms with E-state index < -0.39 is 10.8 Å². The lowest BCUT2D eigenvalue weighted by molar-refractivity contribution is 0.545. The van der Waals surface area contributed by atoms with E-state index in [1.807, 2.05) is 0 Å². The SMILES string of the molecule is Cc1ccc(F)c(C[C@](N)(Cl)c2ncccc2-n2ncc3cc(F)ccc32)n1. The van der Waals surface area contributed by atoms with Crippen LogP contribution in [0.4, 0.5) is 8.78 Å². The number of rotatable bonds is 4. The lowest BCUT2D eigenvalue weighted by Crippen LogP contribution is -2.36. The van der Waals surface area contributed by atoms with Crippen LogP contribution in [0.3, 0.4) is 0 Å². The maximum atomic E-state index is 14.2. The molecule has 5 nitrogen and oxygen atoms in total. The Hall–Kier alpha value is -2.90. The summed E-state index contributed by atoms with van der Waals surface area (Å²) in [5.74, 6) is -0.844. The molecule has 0 aliphatic carbocycles. The molecule has 0 fully saturated rings. The van der Waals surface area contributed by atoms with Crippen molar-refractivity contribution in [3.8, 4) is 5.69 Å². The van der Waals surface area contributed by atoms with Crippen molar-refractivity contribution in [1.82, 2.24) is 19.7 Å². The summed E-state index contributed by atoms with van der Waals surface area (Å²) in [5.41, 5.74) is 8.68. The van der Waals surface area contributed by atoms with Crippen LogP contribution in [0.25, 0.3) is 16.6 Å². The van der Waals surface area contributed by atoms with Gasteiger partial charge < -0.3 is 5.73 Å². The van der Waals surface area contributed by atoms with Crippen molar-refractivity contribution in [2.75, 3.05) is 0 Å². The summed E-state index contributed by atoms with van der Waals surface area (Å²) in [7, 11) is 0. The van der Waals surface area contributed by atoms with Crippen LogP contribution >= 0.6 is 11.6 Å². The first-order valence-electron chi connectivity index (χ1n) is 8.54. The summed E-state index contributed by atoms with van der Waals surface area (Å²) >= 11 is 6.63. The number of benzene rings is 1. The molecule has 3 heterocycles. The standard InChI is InChI=1S/C20H16ClF2N5/c1-12-4-6-15(23)16(27-12)10-20(21,24)19-18(3-2-8-25-19)28-17-7-5-14(22)9-13(17)11-26-28/h2-9,11H,10,24H2,1H3/t20-/m1/s1. The van der Waals surface area contributed by atoms with Gasteiger partial charge in [-0.2, -0.15) is 5.10 Å². The predicted molar refractivity (Wildman–Crippen MR) is 103 cm³/mol. The maximum Gasteiger partial charge on any atom is 0.144 e. The molecule has 0 saturated carbocycles. The number of pyridine rings is 2. The Balaban J connectivity index is 1.81. The Morgan fingerprint density at radius 1 is 1.18 bits per heavy atom. The van der Waals surface area contributed by atoms with E-state index in [1.165, 1.54) is 18.2 Å². The highest BCUT2D eigenvalue weighted by Crippen LogP contribution is 2.32. The topological polar surface area (TPSA) is 69.6 Å². The summed E-state index contributed by atoms with van der Waals surface area (Å²) < 4.78 is 29.3. The van der Waals surface area contributed by atoms with Crippen LogP contribution in [0.2, 0.25) is 0 Å². The third-order valence-corrected chi connectivity index (χ3v) is 4.73. The van der Waals surface area contributed by atoms with Gasteiger partial charge in [-0.25, -0.2) is 13.5 Å². The van der Waals surface area contributed by atoms with Crippen molar-refractivity contribution < 1.29 is 8.78 Å². The van der Waals surface area contributed by atoms with Crippen molar-refractivity contribution in [3.05, 3.63) is 83.6 Å². The second-order valence-corrected chi connectivity index (χ2v) is 7.23. The van der Waals surface area contributed by atoms with Crippen LogP contribution in [-0.2, 0) is 11.4 Å². The van der Waals surface area contributed by atoms with Crippen molar-refractivity contribution in [3.63, 3.8) is 0 Å². The fraction of sp³-hybridized carbons (Fsp3) is 0.150. The minimum absolute atomic E-state index is 0.0695. The van der Waals surface area contributed by atoms with E-state index >= 15 is 0 Å². The fourth-order valence-electron chi connectivity index (χ4n) is 3.13. The molecule has 1 aromatic carbocycles. The number of halogens is 3. The molecular formula is C20H16ClF2N5. The van der Waals surface area contributed by atoms with Gasteiger partial charge in [0.25, 0.3) is 0 Å². The van der Waals surface area contributed by atoms with E-state index in [0.717, 1.165) is 0 Å². The second kappa shape index (κ2) is 6.92. The van der Waals surface area contributed by atoms with E-state index in [4.69, 9.17) is 17.3 Å². The van der Waals surface area contributed by atoms with Gasteiger partial charge in [0.05, 0.1) is 23.1 Å². The fourth-order valence-corrected chi connectivity index (χ4v) is 3.40. The average molecular weight is 400 g/mol. The molecule has 0 amide bonds. The highest BCUT2D eigenvalue weighted by molar-refractivity contribution is 6.23. The van der Waals surface area contributed by atoms with Gasteiger partial charge in [-0.3, -0.25) is 9.97 Å². The second-order valence-electron chi connectivity index (χ2n) is 6.55. The quantitative estimate of drug-likeness (QED) is 0.416. The van der Waals surface area contributed by atoms with Crippen molar-refractivity contribution in [2.45, 2.75) is 18.3 Å². The van der Waals surface area contributed by atoms with Gasteiger partial charge in [0.2, 0.25) is 0 Å². The molecule has 0 unspecified atom stereocenters. The van der Waals surface area contributed by atoms with Gasteiger partial charge in [-0.1, -0.05) is 11.6 Å². The van der Waals surface area contributed by atoms with Gasteiger partial charge in [0.1, 0.15) is 22.3 Å². The average Bonchev–Trinajstić information content (AvgIpc) is 3.07. The Morgan fingerprint density at radius 3 is 2.82 bits per heavy atom. The zero-order valence-electron chi connectivity index (χ0n) is 14.9. The number of aryl methyl sites for hydroxylation is 1. The van der Waals surface area contributed by atoms with Crippen molar-refractivity contribution in [2.24, 2.45) is 5.73 Å². The summed E-state index contributed by atoms with van der Waals surface area (Å²) in [5, 5.41) is 4.95. The lowest BCUT2D eigenvalue weighted by atomic mass is 10.0. The zero-order valence-corrected chi connectivity index (χ0v) is 15.7. The Kier molecular flexibility index (Phi) is 4.56. The molecule has 0 spiro atoms. The minimum atomic E-state index is -1.53. The van der Waals surface area contributed by atoms with E-state index in [0.29, 0.717) is 28.0 Å². The molecule has 2 N–H and O–H groups in total. The monoisotopic (exact) mass is 399 g/mol. The number of hydrogen-bond acceptors (Lipinski definition) is 4. The molecular weight excluding hydrogens is 384 g/mol. The third kappa shape index (κ3) is 3.34. The largest absolute Gasteiger partial charge is 0.307 e. The lowest BCUT2D eigenvalue weighted by Gasteiger charge is -2.24. The van der Waals surface area contributed by atoms with Crippen LogP contribution < -0.4 is 5.73 Å². The first kappa shape index (κ1) is 18.5. The number of aromatic nitrogens is 4. The number of nitrogens with two attached hydrogens (primary N) is 1. The third-order valence-electron chi connectivity index (χ3n) is 4.42. The molecule has 28 heavy (non-hydrogen) atoms. The molecule has 0 bridgehead atoms. The normalized spacial score (nSPS) is 13.6. The van der Waals surface area contributed by atoms with Crippen LogP contribution in [0.1, 0.15) is 17.1 Å². The van der Waals surface area contributed by atoms with Gasteiger partial charge >= 0.3 is 0 Å². The zero-order chi connectivity index (χ0) is 19.9. The molecule has 8 heteroatoms. The van der Waals surface area contributed by atoms with Crippen LogP contribution in [0.15, 0.2) is 54.9 Å². The molecule has 0 aliphatic heterocycles. The van der Waals surface area contributed by atoms with Gasteiger partial charge in [0.15, 0.2) is 0 Å². The van der Waals surface area contributed by atoms with E-state index in [9.17, 15) is 8.78 Å². The molecule has 4 rings (SSSR count). The van der Waals surface area contributed by atoms with Crippen molar-refractivity contribution >= 4 is 22.5 Å². The number of alkyl halides is 1. The Labute approximate surface area is 164 Å². The molecule has 3 aromatic heterocycles. The molecule has 0 aliphatic rings. The summed E-state index contributed by atoms with van der Waals surface area (Å²) in [6.45, 7) is 1.76. The highest BCUT2D eigenvalue weighted by atomic mass is 35.5. The number of nitrogens with zero attached hydrogens (tertiary/aromatic N) is 4. The van der Waals surface area contributed by atoms with Crippen LogP contribution in [0.5, 0.6) is 0 Å². The van der Waals surface area contributed by atoms with Crippen LogP contribution in [-0.4, -0.2) is 19.7 Å². The molecule has 0 radical (unpaired) electrons. The first-order valence-corrected chi connectivity index (χ1v) is 8.92. The number of hydrogen-bond donors (Lipinski definition) is 1. The van der Waals surface area contributed by atoms with Gasteiger partial charge in [0, 0.05) is 23.7 Å². The summed E-state index contributed by atoms with van der Waals surface area (Å²) in [6, 6.07) is 10.7. The smallest absolute Gasteiger partial charge is 0.144 e. The van der Waals surface area contributed by atoms with Crippen LogP contribution in [0, 0.1) is 18.6 Å².